The number of ether oxygens (including phenoxy) is 1. The van der Waals surface area contributed by atoms with Crippen LogP contribution in [-0.2, 0) is 0 Å². The number of nitro benzene ring substituents is 1. The first-order chi connectivity index (χ1) is 11.1. The Morgan fingerprint density at radius 1 is 1.17 bits per heavy atom. The molecule has 2 aromatic carbocycles. The van der Waals surface area contributed by atoms with Gasteiger partial charge in [0.2, 0.25) is 0 Å². The van der Waals surface area contributed by atoms with Crippen molar-refractivity contribution in [2.75, 3.05) is 25.5 Å². The maximum Gasteiger partial charge on any atom is 0.271 e. The fourth-order valence-corrected chi connectivity index (χ4v) is 2.04. The van der Waals surface area contributed by atoms with E-state index in [9.17, 15) is 14.9 Å². The van der Waals surface area contributed by atoms with Gasteiger partial charge in [-0.05, 0) is 18.2 Å². The average Bonchev–Trinajstić information content (AvgIpc) is 2.58. The van der Waals surface area contributed by atoms with E-state index in [0.717, 1.165) is 0 Å². The Bertz CT molecular complexity index is 703. The van der Waals surface area contributed by atoms with Gasteiger partial charge in [0.15, 0.2) is 0 Å². The third-order valence-corrected chi connectivity index (χ3v) is 3.15. The number of para-hydroxylation sites is 1. The number of amides is 1. The number of nitrogens with one attached hydrogen (secondary N) is 2. The fraction of sp³-hybridized carbons (Fsp3) is 0.188. The van der Waals surface area contributed by atoms with Crippen molar-refractivity contribution in [2.45, 2.75) is 0 Å². The molecule has 0 bridgehead atoms. The maximum atomic E-state index is 12.1. The first-order valence-electron chi connectivity index (χ1n) is 7.01. The molecule has 120 valence electrons. The molecule has 7 heteroatoms. The zero-order valence-corrected chi connectivity index (χ0v) is 12.6. The summed E-state index contributed by atoms with van der Waals surface area (Å²) in [5, 5.41) is 16.5. The maximum absolute atomic E-state index is 12.1. The van der Waals surface area contributed by atoms with Gasteiger partial charge in [-0.3, -0.25) is 14.9 Å². The molecule has 0 aliphatic carbocycles. The van der Waals surface area contributed by atoms with Crippen molar-refractivity contribution in [2.24, 2.45) is 0 Å². The van der Waals surface area contributed by atoms with Crippen LogP contribution in [0.1, 0.15) is 10.4 Å². The van der Waals surface area contributed by atoms with E-state index in [-0.39, 0.29) is 11.6 Å². The van der Waals surface area contributed by atoms with Gasteiger partial charge in [-0.1, -0.05) is 18.2 Å². The molecule has 0 heterocycles. The Balaban J connectivity index is 1.84. The van der Waals surface area contributed by atoms with Crippen LogP contribution >= 0.6 is 0 Å². The van der Waals surface area contributed by atoms with Crippen molar-refractivity contribution in [3.8, 4) is 5.75 Å². The second kappa shape index (κ2) is 7.79. The number of methoxy groups -OCH3 is 1. The number of nitro groups is 1. The highest BCUT2D eigenvalue weighted by Crippen LogP contribution is 2.17. The minimum absolute atomic E-state index is 0.0213. The number of hydrogen-bond acceptors (Lipinski definition) is 5. The molecule has 0 spiro atoms. The second-order valence-corrected chi connectivity index (χ2v) is 4.69. The van der Waals surface area contributed by atoms with E-state index in [1.807, 2.05) is 0 Å². The molecule has 23 heavy (non-hydrogen) atoms. The molecule has 1 amide bonds. The largest absolute Gasteiger partial charge is 0.496 e. The Kier molecular flexibility index (Phi) is 5.51. The molecule has 0 saturated heterocycles. The van der Waals surface area contributed by atoms with Crippen molar-refractivity contribution < 1.29 is 14.5 Å². The predicted molar refractivity (Wildman–Crippen MR) is 86.9 cm³/mol. The number of carbonyl (C=O) groups is 1. The third-order valence-electron chi connectivity index (χ3n) is 3.15. The number of rotatable bonds is 7. The number of non-ortho nitro benzene ring substituents is 1. The van der Waals surface area contributed by atoms with Crippen molar-refractivity contribution in [1.82, 2.24) is 5.32 Å². The minimum atomic E-state index is -0.450. The summed E-state index contributed by atoms with van der Waals surface area (Å²) in [6.07, 6.45) is 0. The fourth-order valence-electron chi connectivity index (χ4n) is 2.04. The molecule has 2 rings (SSSR count). The summed E-state index contributed by atoms with van der Waals surface area (Å²) >= 11 is 0. The van der Waals surface area contributed by atoms with E-state index < -0.39 is 4.92 Å². The Morgan fingerprint density at radius 2 is 1.96 bits per heavy atom. The van der Waals surface area contributed by atoms with Crippen LogP contribution in [0.4, 0.5) is 11.4 Å². The standard InChI is InChI=1S/C16H17N3O4/c1-23-15-8-3-2-7-14(15)16(20)18-10-9-17-12-5-4-6-13(11-12)19(21)22/h2-8,11,17H,9-10H2,1H3,(H,18,20). The quantitative estimate of drug-likeness (QED) is 0.465. The second-order valence-electron chi connectivity index (χ2n) is 4.69. The summed E-state index contributed by atoms with van der Waals surface area (Å²) in [5.41, 5.74) is 1.11. The highest BCUT2D eigenvalue weighted by Gasteiger charge is 2.10. The normalized spacial score (nSPS) is 9.96. The SMILES string of the molecule is COc1ccccc1C(=O)NCCNc1cccc([N+](=O)[O-])c1. The summed E-state index contributed by atoms with van der Waals surface area (Å²) in [5.74, 6) is 0.278. The highest BCUT2D eigenvalue weighted by molar-refractivity contribution is 5.96. The predicted octanol–water partition coefficient (Wildman–Crippen LogP) is 2.45. The third kappa shape index (κ3) is 4.44. The van der Waals surface area contributed by atoms with Gasteiger partial charge in [-0.15, -0.1) is 0 Å². The van der Waals surface area contributed by atoms with E-state index in [1.54, 1.807) is 36.4 Å². The monoisotopic (exact) mass is 315 g/mol. The van der Waals surface area contributed by atoms with Crippen LogP contribution < -0.4 is 15.4 Å². The zero-order chi connectivity index (χ0) is 16.7. The molecular weight excluding hydrogens is 298 g/mol. The van der Waals surface area contributed by atoms with Gasteiger partial charge in [0.1, 0.15) is 5.75 Å². The summed E-state index contributed by atoms with van der Waals surface area (Å²) in [6, 6.07) is 13.2. The average molecular weight is 315 g/mol. The molecule has 0 aromatic heterocycles. The molecule has 2 aromatic rings. The molecule has 0 aliphatic heterocycles. The van der Waals surface area contributed by atoms with Crippen LogP contribution in [0.2, 0.25) is 0 Å². The molecule has 7 nitrogen and oxygen atoms in total. The first kappa shape index (κ1) is 16.3. The van der Waals surface area contributed by atoms with Gasteiger partial charge in [0.25, 0.3) is 11.6 Å². The number of benzene rings is 2. The molecule has 0 saturated carbocycles. The lowest BCUT2D eigenvalue weighted by atomic mass is 10.2. The first-order valence-corrected chi connectivity index (χ1v) is 7.01. The lowest BCUT2D eigenvalue weighted by Gasteiger charge is -2.10. The molecule has 0 fully saturated rings. The molecule has 0 unspecified atom stereocenters. The number of nitrogens with zero attached hydrogens (tertiary/aromatic N) is 1. The zero-order valence-electron chi connectivity index (χ0n) is 12.6. The van der Waals surface area contributed by atoms with E-state index in [0.29, 0.717) is 30.1 Å². The number of carbonyl (C=O) groups excluding carboxylic acids is 1. The van der Waals surface area contributed by atoms with Gasteiger partial charge < -0.3 is 15.4 Å². The van der Waals surface area contributed by atoms with Crippen LogP contribution in [0.15, 0.2) is 48.5 Å². The Hall–Kier alpha value is -3.09. The van der Waals surface area contributed by atoms with E-state index in [1.165, 1.54) is 19.2 Å². The lowest BCUT2D eigenvalue weighted by Crippen LogP contribution is -2.29. The van der Waals surface area contributed by atoms with Crippen LogP contribution in [0.3, 0.4) is 0 Å². The van der Waals surface area contributed by atoms with Gasteiger partial charge in [-0.25, -0.2) is 0 Å². The molecule has 0 atom stereocenters. The summed E-state index contributed by atoms with van der Waals surface area (Å²) in [6.45, 7) is 0.821. The molecule has 0 aliphatic rings. The van der Waals surface area contributed by atoms with Crippen molar-refractivity contribution in [3.63, 3.8) is 0 Å². The summed E-state index contributed by atoms with van der Waals surface area (Å²) in [4.78, 5) is 22.3. The highest BCUT2D eigenvalue weighted by atomic mass is 16.6. The van der Waals surface area contributed by atoms with Gasteiger partial charge in [0.05, 0.1) is 17.6 Å². The van der Waals surface area contributed by atoms with Gasteiger partial charge in [0, 0.05) is 30.9 Å². The van der Waals surface area contributed by atoms with Crippen LogP contribution in [0.5, 0.6) is 5.75 Å². The van der Waals surface area contributed by atoms with Crippen LogP contribution in [-0.4, -0.2) is 31.0 Å². The molecule has 0 radical (unpaired) electrons. The van der Waals surface area contributed by atoms with Gasteiger partial charge >= 0.3 is 0 Å². The Morgan fingerprint density at radius 3 is 2.70 bits per heavy atom. The van der Waals surface area contributed by atoms with E-state index in [4.69, 9.17) is 4.74 Å². The molecular formula is C16H17N3O4. The number of hydrogen-bond donors (Lipinski definition) is 2. The number of anilines is 1. The smallest absolute Gasteiger partial charge is 0.271 e. The topological polar surface area (TPSA) is 93.5 Å². The van der Waals surface area contributed by atoms with Crippen molar-refractivity contribution in [3.05, 3.63) is 64.2 Å². The summed E-state index contributed by atoms with van der Waals surface area (Å²) in [7, 11) is 1.51. The van der Waals surface area contributed by atoms with Gasteiger partial charge in [-0.2, -0.15) is 0 Å². The molecule has 2 N–H and O–H groups in total. The lowest BCUT2D eigenvalue weighted by molar-refractivity contribution is -0.384. The minimum Gasteiger partial charge on any atom is -0.496 e. The van der Waals surface area contributed by atoms with E-state index >= 15 is 0 Å². The van der Waals surface area contributed by atoms with Crippen molar-refractivity contribution in [1.29, 1.82) is 0 Å². The van der Waals surface area contributed by atoms with E-state index in [2.05, 4.69) is 10.6 Å². The summed E-state index contributed by atoms with van der Waals surface area (Å²) < 4.78 is 5.14. The van der Waals surface area contributed by atoms with Crippen LogP contribution in [0.25, 0.3) is 0 Å². The van der Waals surface area contributed by atoms with Crippen LogP contribution in [0, 0.1) is 10.1 Å². The van der Waals surface area contributed by atoms with Crippen molar-refractivity contribution >= 4 is 17.3 Å². The Labute approximate surface area is 133 Å².